The van der Waals surface area contributed by atoms with Gasteiger partial charge in [0.15, 0.2) is 6.10 Å². The molecule has 3 aromatic rings. The number of urea groups is 1. The van der Waals surface area contributed by atoms with Crippen LogP contribution in [0, 0.1) is 0 Å². The zero-order chi connectivity index (χ0) is 23.4. The predicted molar refractivity (Wildman–Crippen MR) is 128 cm³/mol. The van der Waals surface area contributed by atoms with E-state index in [0.29, 0.717) is 41.0 Å². The highest BCUT2D eigenvalue weighted by atomic mass is 35.5. The maximum Gasteiger partial charge on any atom is 0.323 e. The number of nitrogens with zero attached hydrogens (tertiary/aromatic N) is 1. The van der Waals surface area contributed by atoms with Crippen LogP contribution in [0.15, 0.2) is 66.7 Å². The highest BCUT2D eigenvalue weighted by Crippen LogP contribution is 2.29. The van der Waals surface area contributed by atoms with Crippen molar-refractivity contribution in [1.82, 2.24) is 4.90 Å². The first kappa shape index (κ1) is 22.5. The van der Waals surface area contributed by atoms with Gasteiger partial charge in [-0.15, -0.1) is 0 Å². The Hall–Kier alpha value is -3.71. The molecule has 170 valence electrons. The van der Waals surface area contributed by atoms with Crippen molar-refractivity contribution in [3.05, 3.63) is 82.9 Å². The van der Waals surface area contributed by atoms with E-state index in [4.69, 9.17) is 21.1 Å². The summed E-state index contributed by atoms with van der Waals surface area (Å²) in [7, 11) is 1.57. The lowest BCUT2D eigenvalue weighted by Crippen LogP contribution is -2.37. The van der Waals surface area contributed by atoms with Crippen molar-refractivity contribution in [2.45, 2.75) is 26.1 Å². The minimum Gasteiger partial charge on any atom is -0.497 e. The maximum atomic E-state index is 12.9. The second kappa shape index (κ2) is 9.83. The van der Waals surface area contributed by atoms with Gasteiger partial charge < -0.3 is 25.0 Å². The first-order chi connectivity index (χ1) is 15.9. The minimum absolute atomic E-state index is 0.105. The number of rotatable bonds is 5. The minimum atomic E-state index is -0.617. The number of hydrogen-bond donors (Lipinski definition) is 2. The number of carbonyl (C=O) groups is 2. The zero-order valence-corrected chi connectivity index (χ0v) is 19.1. The van der Waals surface area contributed by atoms with E-state index in [1.54, 1.807) is 67.5 Å². The van der Waals surface area contributed by atoms with E-state index in [1.807, 2.05) is 18.2 Å². The topological polar surface area (TPSA) is 79.9 Å². The fourth-order valence-corrected chi connectivity index (χ4v) is 3.74. The summed E-state index contributed by atoms with van der Waals surface area (Å²) in [6.45, 7) is 2.52. The summed E-state index contributed by atoms with van der Waals surface area (Å²) in [4.78, 5) is 27.1. The van der Waals surface area contributed by atoms with E-state index < -0.39 is 6.10 Å². The van der Waals surface area contributed by atoms with Gasteiger partial charge in [0.05, 0.1) is 7.11 Å². The van der Waals surface area contributed by atoms with Gasteiger partial charge in [-0.2, -0.15) is 0 Å². The number of anilines is 2. The zero-order valence-electron chi connectivity index (χ0n) is 18.3. The molecule has 1 atom stereocenters. The summed E-state index contributed by atoms with van der Waals surface area (Å²) in [5, 5.41) is 6.25. The molecule has 4 rings (SSSR count). The quantitative estimate of drug-likeness (QED) is 0.535. The lowest BCUT2D eigenvalue weighted by atomic mass is 10.1. The molecule has 1 aliphatic heterocycles. The van der Waals surface area contributed by atoms with Gasteiger partial charge >= 0.3 is 6.03 Å². The highest BCUT2D eigenvalue weighted by molar-refractivity contribution is 6.30. The molecule has 33 heavy (non-hydrogen) atoms. The fourth-order valence-electron chi connectivity index (χ4n) is 3.62. The van der Waals surface area contributed by atoms with Crippen LogP contribution in [0.25, 0.3) is 0 Å². The molecule has 0 saturated heterocycles. The van der Waals surface area contributed by atoms with E-state index in [1.165, 1.54) is 0 Å². The Balaban J connectivity index is 1.49. The molecule has 0 radical (unpaired) electrons. The van der Waals surface area contributed by atoms with Gasteiger partial charge in [0.25, 0.3) is 5.91 Å². The number of halogens is 1. The lowest BCUT2D eigenvalue weighted by Gasteiger charge is -2.22. The summed E-state index contributed by atoms with van der Waals surface area (Å²) in [5.41, 5.74) is 2.97. The molecule has 0 unspecified atom stereocenters. The summed E-state index contributed by atoms with van der Waals surface area (Å²) in [5.74, 6) is 1.16. The molecule has 3 amide bonds. The van der Waals surface area contributed by atoms with Gasteiger partial charge in [0.2, 0.25) is 0 Å². The first-order valence-electron chi connectivity index (χ1n) is 10.5. The van der Waals surface area contributed by atoms with Crippen LogP contribution >= 0.6 is 11.6 Å². The monoisotopic (exact) mass is 465 g/mol. The molecule has 0 aliphatic carbocycles. The van der Waals surface area contributed by atoms with E-state index in [2.05, 4.69) is 10.6 Å². The normalized spacial score (nSPS) is 15.2. The Kier molecular flexibility index (Phi) is 6.70. The average Bonchev–Trinajstić information content (AvgIpc) is 2.91. The lowest BCUT2D eigenvalue weighted by molar-refractivity contribution is -0.138. The number of benzene rings is 3. The summed E-state index contributed by atoms with van der Waals surface area (Å²) >= 11 is 5.98. The van der Waals surface area contributed by atoms with E-state index in [9.17, 15) is 9.59 Å². The molecule has 1 aliphatic rings. The molecule has 8 heteroatoms. The Morgan fingerprint density at radius 1 is 1.09 bits per heavy atom. The molecule has 0 bridgehead atoms. The second-order valence-corrected chi connectivity index (χ2v) is 8.15. The van der Waals surface area contributed by atoms with E-state index >= 15 is 0 Å². The van der Waals surface area contributed by atoms with Gasteiger partial charge in [-0.05, 0) is 55.0 Å². The molecule has 0 fully saturated rings. The van der Waals surface area contributed by atoms with Crippen molar-refractivity contribution < 1.29 is 19.1 Å². The van der Waals surface area contributed by atoms with Crippen LogP contribution in [0.3, 0.4) is 0 Å². The van der Waals surface area contributed by atoms with Crippen LogP contribution in [-0.2, 0) is 17.9 Å². The number of amides is 3. The number of fused-ring (bicyclic) bond motifs is 1. The van der Waals surface area contributed by atoms with Crippen molar-refractivity contribution in [1.29, 1.82) is 0 Å². The molecule has 1 heterocycles. The van der Waals surface area contributed by atoms with E-state index in [-0.39, 0.29) is 11.9 Å². The maximum absolute atomic E-state index is 12.9. The first-order valence-corrected chi connectivity index (χ1v) is 10.8. The molecule has 7 nitrogen and oxygen atoms in total. The van der Waals surface area contributed by atoms with Crippen molar-refractivity contribution in [2.75, 3.05) is 17.7 Å². The molecule has 0 saturated carbocycles. The van der Waals surface area contributed by atoms with Crippen molar-refractivity contribution in [2.24, 2.45) is 0 Å². The molecular formula is C25H24ClN3O4. The standard InChI is InChI=1S/C25H24ClN3O4/c1-16-24(30)29(14-17-6-8-19(26)9-7-17)15-18-12-21(10-11-23(18)33-16)28-25(31)27-20-4-3-5-22(13-20)32-2/h3-13,16H,14-15H2,1-2H3,(H2,27,28,31)/t16-/m1/s1. The van der Waals surface area contributed by atoms with Crippen LogP contribution in [0.1, 0.15) is 18.1 Å². The smallest absolute Gasteiger partial charge is 0.323 e. The van der Waals surface area contributed by atoms with Crippen LogP contribution in [0.2, 0.25) is 5.02 Å². The SMILES string of the molecule is COc1cccc(NC(=O)Nc2ccc3c(c2)CN(Cc2ccc(Cl)cc2)C(=O)[C@@H](C)O3)c1. The van der Waals surface area contributed by atoms with Gasteiger partial charge in [-0.1, -0.05) is 29.8 Å². The summed E-state index contributed by atoms with van der Waals surface area (Å²) < 4.78 is 11.1. The highest BCUT2D eigenvalue weighted by Gasteiger charge is 2.28. The molecule has 2 N–H and O–H groups in total. The largest absolute Gasteiger partial charge is 0.497 e. The van der Waals surface area contributed by atoms with Crippen LogP contribution in [0.4, 0.5) is 16.2 Å². The van der Waals surface area contributed by atoms with Gasteiger partial charge in [-0.3, -0.25) is 4.79 Å². The Bertz CT molecular complexity index is 1170. The number of ether oxygens (including phenoxy) is 2. The fraction of sp³-hybridized carbons (Fsp3) is 0.200. The van der Waals surface area contributed by atoms with Crippen LogP contribution < -0.4 is 20.1 Å². The van der Waals surface area contributed by atoms with Crippen molar-refractivity contribution >= 4 is 34.9 Å². The Morgan fingerprint density at radius 3 is 2.55 bits per heavy atom. The number of methoxy groups -OCH3 is 1. The molecule has 3 aromatic carbocycles. The van der Waals surface area contributed by atoms with Crippen LogP contribution in [0.5, 0.6) is 11.5 Å². The van der Waals surface area contributed by atoms with Crippen LogP contribution in [-0.4, -0.2) is 30.1 Å². The molecule has 0 aromatic heterocycles. The van der Waals surface area contributed by atoms with E-state index in [0.717, 1.165) is 11.1 Å². The van der Waals surface area contributed by atoms with Gasteiger partial charge in [-0.25, -0.2) is 4.79 Å². The average molecular weight is 466 g/mol. The molecule has 0 spiro atoms. The van der Waals surface area contributed by atoms with Crippen molar-refractivity contribution in [3.63, 3.8) is 0 Å². The summed E-state index contributed by atoms with van der Waals surface area (Å²) in [6.07, 6.45) is -0.617. The number of nitrogens with one attached hydrogen (secondary N) is 2. The third kappa shape index (κ3) is 5.56. The Morgan fingerprint density at radius 2 is 1.82 bits per heavy atom. The Labute approximate surface area is 197 Å². The number of hydrogen-bond acceptors (Lipinski definition) is 4. The predicted octanol–water partition coefficient (Wildman–Crippen LogP) is 5.30. The number of carbonyl (C=O) groups excluding carboxylic acids is 2. The van der Waals surface area contributed by atoms with Gasteiger partial charge in [0, 0.05) is 41.1 Å². The second-order valence-electron chi connectivity index (χ2n) is 7.71. The third-order valence-electron chi connectivity index (χ3n) is 5.26. The summed E-state index contributed by atoms with van der Waals surface area (Å²) in [6, 6.07) is 19.4. The van der Waals surface area contributed by atoms with Gasteiger partial charge in [0.1, 0.15) is 11.5 Å². The third-order valence-corrected chi connectivity index (χ3v) is 5.51. The molecular weight excluding hydrogens is 442 g/mol. The van der Waals surface area contributed by atoms with Crippen molar-refractivity contribution in [3.8, 4) is 11.5 Å².